The molecule has 1 aliphatic heterocycles. The van der Waals surface area contributed by atoms with Gasteiger partial charge >= 0.3 is 12.1 Å². The van der Waals surface area contributed by atoms with Gasteiger partial charge in [-0.25, -0.2) is 9.59 Å². The molecule has 0 aromatic heterocycles. The highest BCUT2D eigenvalue weighted by molar-refractivity contribution is 5.93. The van der Waals surface area contributed by atoms with Gasteiger partial charge in [-0.15, -0.1) is 0 Å². The van der Waals surface area contributed by atoms with Crippen LogP contribution in [0.5, 0.6) is 0 Å². The summed E-state index contributed by atoms with van der Waals surface area (Å²) in [5.74, 6) is -1.65. The molecule has 1 heterocycles. The third-order valence-corrected chi connectivity index (χ3v) is 6.78. The minimum Gasteiger partial charge on any atom is -0.480 e. The molecule has 8 heteroatoms. The minimum absolute atomic E-state index is 0.0807. The summed E-state index contributed by atoms with van der Waals surface area (Å²) in [5.41, 5.74) is 3.16. The number of carbonyl (C=O) groups is 3. The lowest BCUT2D eigenvalue weighted by atomic mass is 9.88. The van der Waals surface area contributed by atoms with Gasteiger partial charge in [-0.2, -0.15) is 0 Å². The SMILES string of the molecule is CC(C)C[C@H](NC(=O)C1(NC(=O)OCC2c3ccccc3-c3ccccc32)CCOCC1)C(=O)O. The molecule has 1 atom stereocenters. The largest absolute Gasteiger partial charge is 0.480 e. The number of nitrogens with one attached hydrogen (secondary N) is 2. The molecule has 0 radical (unpaired) electrons. The summed E-state index contributed by atoms with van der Waals surface area (Å²) in [7, 11) is 0. The molecule has 4 rings (SSSR count). The van der Waals surface area contributed by atoms with Crippen LogP contribution in [0, 0.1) is 5.92 Å². The number of amides is 2. The van der Waals surface area contributed by atoms with Crippen LogP contribution in [0.25, 0.3) is 11.1 Å². The van der Waals surface area contributed by atoms with Gasteiger partial charge in [0, 0.05) is 32.0 Å². The molecule has 2 aliphatic rings. The van der Waals surface area contributed by atoms with Gasteiger partial charge in [0.25, 0.3) is 0 Å². The molecule has 2 aromatic carbocycles. The normalized spacial score (nSPS) is 17.2. The average molecular weight is 481 g/mol. The zero-order chi connectivity index (χ0) is 25.0. The molecule has 1 aliphatic carbocycles. The summed E-state index contributed by atoms with van der Waals surface area (Å²) in [6.45, 7) is 4.46. The van der Waals surface area contributed by atoms with Crippen LogP contribution in [0.1, 0.15) is 50.2 Å². The number of carboxylic acids is 1. The molecular weight excluding hydrogens is 448 g/mol. The van der Waals surface area contributed by atoms with Crippen LogP contribution in [-0.4, -0.2) is 54.5 Å². The van der Waals surface area contributed by atoms with E-state index in [0.29, 0.717) is 6.42 Å². The Morgan fingerprint density at radius 2 is 1.60 bits per heavy atom. The molecule has 35 heavy (non-hydrogen) atoms. The molecule has 1 saturated heterocycles. The predicted molar refractivity (Wildman–Crippen MR) is 130 cm³/mol. The number of carbonyl (C=O) groups excluding carboxylic acids is 2. The lowest BCUT2D eigenvalue weighted by Gasteiger charge is -2.37. The van der Waals surface area contributed by atoms with Gasteiger partial charge in [-0.3, -0.25) is 4.79 Å². The van der Waals surface area contributed by atoms with Crippen molar-refractivity contribution in [1.29, 1.82) is 0 Å². The molecule has 186 valence electrons. The Bertz CT molecular complexity index is 1050. The summed E-state index contributed by atoms with van der Waals surface area (Å²) in [5, 5.41) is 14.9. The van der Waals surface area contributed by atoms with E-state index < -0.39 is 29.6 Å². The number of fused-ring (bicyclic) bond motifs is 3. The Morgan fingerprint density at radius 3 is 2.14 bits per heavy atom. The molecule has 0 bridgehead atoms. The van der Waals surface area contributed by atoms with Gasteiger partial charge in [-0.05, 0) is 34.6 Å². The van der Waals surface area contributed by atoms with Crippen LogP contribution < -0.4 is 10.6 Å². The molecule has 0 saturated carbocycles. The zero-order valence-corrected chi connectivity index (χ0v) is 20.1. The fourth-order valence-corrected chi connectivity index (χ4v) is 4.95. The zero-order valence-electron chi connectivity index (χ0n) is 20.1. The Kier molecular flexibility index (Phi) is 7.40. The maximum absolute atomic E-state index is 13.2. The third kappa shape index (κ3) is 5.32. The van der Waals surface area contributed by atoms with Crippen molar-refractivity contribution < 1.29 is 29.0 Å². The Morgan fingerprint density at radius 1 is 1.03 bits per heavy atom. The van der Waals surface area contributed by atoms with Crippen molar-refractivity contribution in [2.75, 3.05) is 19.8 Å². The van der Waals surface area contributed by atoms with Crippen molar-refractivity contribution in [1.82, 2.24) is 10.6 Å². The lowest BCUT2D eigenvalue weighted by Crippen LogP contribution is -2.63. The van der Waals surface area contributed by atoms with Gasteiger partial charge in [0.2, 0.25) is 5.91 Å². The van der Waals surface area contributed by atoms with E-state index in [-0.39, 0.29) is 44.5 Å². The van der Waals surface area contributed by atoms with Crippen molar-refractivity contribution >= 4 is 18.0 Å². The Labute approximate surface area is 205 Å². The van der Waals surface area contributed by atoms with Crippen LogP contribution >= 0.6 is 0 Å². The van der Waals surface area contributed by atoms with Gasteiger partial charge in [0.05, 0.1) is 0 Å². The quantitative estimate of drug-likeness (QED) is 0.531. The standard InChI is InChI=1S/C27H32N2O6/c1-17(2)15-23(24(30)31)28-25(32)27(11-13-34-14-12-27)29-26(33)35-16-22-20-9-5-3-7-18(20)19-8-4-6-10-21(19)22/h3-10,17,22-23H,11-16H2,1-2H3,(H,28,32)(H,29,33)(H,30,31)/t23-/m0/s1. The number of rotatable bonds is 8. The molecule has 3 N–H and O–H groups in total. The Balaban J connectivity index is 1.46. The van der Waals surface area contributed by atoms with E-state index in [1.54, 1.807) is 0 Å². The Hall–Kier alpha value is -3.39. The molecule has 0 spiro atoms. The van der Waals surface area contributed by atoms with E-state index in [4.69, 9.17) is 9.47 Å². The van der Waals surface area contributed by atoms with Crippen LogP contribution in [-0.2, 0) is 19.1 Å². The number of ether oxygens (including phenoxy) is 2. The fourth-order valence-electron chi connectivity index (χ4n) is 4.95. The van der Waals surface area contributed by atoms with Crippen molar-refractivity contribution in [3.8, 4) is 11.1 Å². The molecular formula is C27H32N2O6. The first-order valence-electron chi connectivity index (χ1n) is 12.1. The molecule has 2 amide bonds. The van der Waals surface area contributed by atoms with Crippen molar-refractivity contribution in [3.05, 3.63) is 59.7 Å². The first-order valence-corrected chi connectivity index (χ1v) is 12.1. The maximum Gasteiger partial charge on any atom is 0.408 e. The van der Waals surface area contributed by atoms with Crippen molar-refractivity contribution in [3.63, 3.8) is 0 Å². The van der Waals surface area contributed by atoms with Crippen LogP contribution in [0.4, 0.5) is 4.79 Å². The fraction of sp³-hybridized carbons (Fsp3) is 0.444. The van der Waals surface area contributed by atoms with E-state index in [0.717, 1.165) is 22.3 Å². The van der Waals surface area contributed by atoms with Gasteiger partial charge in [0.15, 0.2) is 0 Å². The van der Waals surface area contributed by atoms with Crippen LogP contribution in [0.3, 0.4) is 0 Å². The molecule has 2 aromatic rings. The van der Waals surface area contributed by atoms with Gasteiger partial charge in [-0.1, -0.05) is 62.4 Å². The highest BCUT2D eigenvalue weighted by Gasteiger charge is 2.43. The molecule has 8 nitrogen and oxygen atoms in total. The summed E-state index contributed by atoms with van der Waals surface area (Å²) in [6, 6.07) is 15.1. The van der Waals surface area contributed by atoms with Crippen molar-refractivity contribution in [2.24, 2.45) is 5.92 Å². The minimum atomic E-state index is -1.29. The number of aliphatic carboxylic acids is 1. The van der Waals surface area contributed by atoms with E-state index in [1.807, 2.05) is 50.2 Å². The third-order valence-electron chi connectivity index (χ3n) is 6.78. The summed E-state index contributed by atoms with van der Waals surface area (Å²) < 4.78 is 11.1. The monoisotopic (exact) mass is 480 g/mol. The number of hydrogen-bond acceptors (Lipinski definition) is 5. The highest BCUT2D eigenvalue weighted by Crippen LogP contribution is 2.44. The average Bonchev–Trinajstić information content (AvgIpc) is 3.16. The van der Waals surface area contributed by atoms with E-state index >= 15 is 0 Å². The van der Waals surface area contributed by atoms with Crippen LogP contribution in [0.15, 0.2) is 48.5 Å². The summed E-state index contributed by atoms with van der Waals surface area (Å²) in [6.07, 6.45) is 0.0480. The molecule has 1 fully saturated rings. The van der Waals surface area contributed by atoms with Crippen LogP contribution in [0.2, 0.25) is 0 Å². The van der Waals surface area contributed by atoms with Gasteiger partial charge in [0.1, 0.15) is 18.2 Å². The summed E-state index contributed by atoms with van der Waals surface area (Å²) in [4.78, 5) is 37.8. The molecule has 0 unspecified atom stereocenters. The van der Waals surface area contributed by atoms with E-state index in [2.05, 4.69) is 22.8 Å². The predicted octanol–water partition coefficient (Wildman–Crippen LogP) is 3.69. The van der Waals surface area contributed by atoms with Gasteiger partial charge < -0.3 is 25.2 Å². The first kappa shape index (κ1) is 24.7. The lowest BCUT2D eigenvalue weighted by molar-refractivity contribution is -0.144. The number of carboxylic acid groups (broad SMARTS) is 1. The smallest absolute Gasteiger partial charge is 0.408 e. The number of benzene rings is 2. The van der Waals surface area contributed by atoms with E-state index in [9.17, 15) is 19.5 Å². The van der Waals surface area contributed by atoms with E-state index in [1.165, 1.54) is 0 Å². The maximum atomic E-state index is 13.2. The second-order valence-corrected chi connectivity index (χ2v) is 9.64. The summed E-state index contributed by atoms with van der Waals surface area (Å²) >= 11 is 0. The van der Waals surface area contributed by atoms with Crippen molar-refractivity contribution in [2.45, 2.75) is 50.6 Å². The second-order valence-electron chi connectivity index (χ2n) is 9.64. The number of hydrogen-bond donors (Lipinski definition) is 3. The topological polar surface area (TPSA) is 114 Å². The second kappa shape index (κ2) is 10.5. The first-order chi connectivity index (χ1) is 16.8. The number of alkyl carbamates (subject to hydrolysis) is 1. The highest BCUT2D eigenvalue weighted by atomic mass is 16.5.